The summed E-state index contributed by atoms with van der Waals surface area (Å²) < 4.78 is 1.41. The normalized spacial score (nSPS) is 10.7. The summed E-state index contributed by atoms with van der Waals surface area (Å²) in [5, 5.41) is 12.7. The molecule has 0 aliphatic rings. The maximum atomic E-state index is 12.6. The predicted molar refractivity (Wildman–Crippen MR) is 79.0 cm³/mol. The Kier molecular flexibility index (Phi) is 3.06. The number of ketones is 1. The number of carbonyl (C=O) groups excluding carboxylic acids is 1. The first-order chi connectivity index (χ1) is 10.1. The highest BCUT2D eigenvalue weighted by atomic mass is 16.3. The fraction of sp³-hybridized carbons (Fsp3) is 0.0588. The first kappa shape index (κ1) is 13.1. The minimum atomic E-state index is -0.572. The van der Waals surface area contributed by atoms with Crippen molar-refractivity contribution in [2.45, 2.75) is 6.92 Å². The largest absolute Gasteiger partial charge is 0.871 e. The van der Waals surface area contributed by atoms with Gasteiger partial charge >= 0.3 is 0 Å². The van der Waals surface area contributed by atoms with E-state index in [0.29, 0.717) is 16.6 Å². The van der Waals surface area contributed by atoms with Crippen LogP contribution in [0.15, 0.2) is 59.4 Å². The number of hydrogen-bond acceptors (Lipinski definition) is 3. The van der Waals surface area contributed by atoms with Crippen molar-refractivity contribution in [1.82, 2.24) is 4.57 Å². The highest BCUT2D eigenvalue weighted by Crippen LogP contribution is 2.25. The molecule has 3 aromatic rings. The lowest BCUT2D eigenvalue weighted by Crippen LogP contribution is -2.26. The number of pyridine rings is 1. The fourth-order valence-corrected chi connectivity index (χ4v) is 2.46. The van der Waals surface area contributed by atoms with Crippen molar-refractivity contribution in [2.24, 2.45) is 0 Å². The standard InChI is InChI=1S/C17H13NO3/c1-11(19)15-16(20)13-9-5-6-10-14(13)18(17(15)21)12-7-3-2-4-8-12/h2-10,20H,1H3/p-1. The molecule has 0 saturated carbocycles. The van der Waals surface area contributed by atoms with Crippen molar-refractivity contribution in [3.63, 3.8) is 0 Å². The molecule has 0 unspecified atom stereocenters. The molecule has 0 saturated heterocycles. The molecule has 4 heteroatoms. The van der Waals surface area contributed by atoms with Gasteiger partial charge in [0.25, 0.3) is 5.56 Å². The van der Waals surface area contributed by atoms with E-state index in [1.807, 2.05) is 6.07 Å². The molecule has 1 aromatic heterocycles. The Morgan fingerprint density at radius 1 is 1.00 bits per heavy atom. The zero-order valence-corrected chi connectivity index (χ0v) is 11.4. The van der Waals surface area contributed by atoms with Gasteiger partial charge in [-0.2, -0.15) is 0 Å². The third kappa shape index (κ3) is 2.01. The molecule has 0 N–H and O–H groups in total. The Morgan fingerprint density at radius 3 is 2.29 bits per heavy atom. The topological polar surface area (TPSA) is 62.1 Å². The van der Waals surface area contributed by atoms with Gasteiger partial charge in [0.2, 0.25) is 0 Å². The van der Waals surface area contributed by atoms with E-state index < -0.39 is 17.1 Å². The Labute approximate surface area is 120 Å². The van der Waals surface area contributed by atoms with E-state index in [1.165, 1.54) is 11.5 Å². The van der Waals surface area contributed by atoms with Gasteiger partial charge in [-0.1, -0.05) is 42.1 Å². The quantitative estimate of drug-likeness (QED) is 0.675. The number of hydrogen-bond donors (Lipinski definition) is 0. The lowest BCUT2D eigenvalue weighted by molar-refractivity contribution is -0.266. The second-order valence-electron chi connectivity index (χ2n) is 4.75. The molecule has 21 heavy (non-hydrogen) atoms. The molecule has 0 aliphatic heterocycles. The van der Waals surface area contributed by atoms with Crippen molar-refractivity contribution >= 4 is 16.7 Å². The molecule has 0 amide bonds. The Hall–Kier alpha value is -2.88. The van der Waals surface area contributed by atoms with Crippen LogP contribution in [0.5, 0.6) is 5.75 Å². The summed E-state index contributed by atoms with van der Waals surface area (Å²) >= 11 is 0. The highest BCUT2D eigenvalue weighted by molar-refractivity contribution is 6.02. The molecule has 104 valence electrons. The minimum Gasteiger partial charge on any atom is -0.871 e. The summed E-state index contributed by atoms with van der Waals surface area (Å²) in [6.45, 7) is 1.24. The first-order valence-corrected chi connectivity index (χ1v) is 6.52. The van der Waals surface area contributed by atoms with Crippen LogP contribution in [0.4, 0.5) is 0 Å². The number of aromatic nitrogens is 1. The summed E-state index contributed by atoms with van der Waals surface area (Å²) in [4.78, 5) is 24.3. The number of Topliss-reactive ketones (excluding diaryl/α,β-unsaturated/α-hetero) is 1. The van der Waals surface area contributed by atoms with E-state index in [9.17, 15) is 14.7 Å². The highest BCUT2D eigenvalue weighted by Gasteiger charge is 2.15. The molecule has 4 nitrogen and oxygen atoms in total. The van der Waals surface area contributed by atoms with Gasteiger partial charge in [0.15, 0.2) is 5.78 Å². The molecule has 0 aliphatic carbocycles. The van der Waals surface area contributed by atoms with Crippen LogP contribution < -0.4 is 10.7 Å². The van der Waals surface area contributed by atoms with E-state index in [0.717, 1.165) is 0 Å². The number of nitrogens with zero attached hydrogens (tertiary/aromatic N) is 1. The van der Waals surface area contributed by atoms with Crippen LogP contribution in [-0.2, 0) is 0 Å². The van der Waals surface area contributed by atoms with Gasteiger partial charge in [0, 0.05) is 5.69 Å². The second-order valence-corrected chi connectivity index (χ2v) is 4.75. The fourth-order valence-electron chi connectivity index (χ4n) is 2.46. The maximum absolute atomic E-state index is 12.6. The summed E-state index contributed by atoms with van der Waals surface area (Å²) in [7, 11) is 0. The van der Waals surface area contributed by atoms with Gasteiger partial charge < -0.3 is 5.11 Å². The molecule has 0 bridgehead atoms. The van der Waals surface area contributed by atoms with E-state index in [1.54, 1.807) is 48.5 Å². The summed E-state index contributed by atoms with van der Waals surface area (Å²) in [5.74, 6) is -1.02. The first-order valence-electron chi connectivity index (χ1n) is 6.52. The molecule has 0 atom stereocenters. The summed E-state index contributed by atoms with van der Waals surface area (Å²) in [6.07, 6.45) is 0. The van der Waals surface area contributed by atoms with Crippen LogP contribution >= 0.6 is 0 Å². The van der Waals surface area contributed by atoms with E-state index in [4.69, 9.17) is 0 Å². The zero-order valence-electron chi connectivity index (χ0n) is 11.4. The average molecular weight is 278 g/mol. The molecular formula is C17H12NO3-. The SMILES string of the molecule is CC(=O)c1c([O-])c2ccccc2n(-c2ccccc2)c1=O. The minimum absolute atomic E-state index is 0.294. The lowest BCUT2D eigenvalue weighted by atomic mass is 10.1. The Balaban J connectivity index is 2.55. The number of fused-ring (bicyclic) bond motifs is 1. The van der Waals surface area contributed by atoms with Gasteiger partial charge in [0.1, 0.15) is 0 Å². The lowest BCUT2D eigenvalue weighted by Gasteiger charge is -2.19. The number of benzene rings is 2. The van der Waals surface area contributed by atoms with Crippen LogP contribution in [0, 0.1) is 0 Å². The second kappa shape index (κ2) is 4.90. The molecular weight excluding hydrogens is 266 g/mol. The van der Waals surface area contributed by atoms with E-state index >= 15 is 0 Å². The van der Waals surface area contributed by atoms with Crippen molar-refractivity contribution in [1.29, 1.82) is 0 Å². The predicted octanol–water partition coefficient (Wildman–Crippen LogP) is 2.27. The van der Waals surface area contributed by atoms with Crippen LogP contribution in [0.1, 0.15) is 17.3 Å². The molecule has 0 spiro atoms. The van der Waals surface area contributed by atoms with Crippen LogP contribution in [0.2, 0.25) is 0 Å². The zero-order chi connectivity index (χ0) is 15.0. The Morgan fingerprint density at radius 2 is 1.62 bits per heavy atom. The molecule has 2 aromatic carbocycles. The Bertz CT molecular complexity index is 895. The van der Waals surface area contributed by atoms with Crippen LogP contribution in [0.25, 0.3) is 16.6 Å². The monoisotopic (exact) mass is 278 g/mol. The van der Waals surface area contributed by atoms with Gasteiger partial charge in [0.05, 0.1) is 11.1 Å². The maximum Gasteiger partial charge on any atom is 0.265 e. The van der Waals surface area contributed by atoms with Crippen molar-refractivity contribution in [3.8, 4) is 11.4 Å². The third-order valence-corrected chi connectivity index (χ3v) is 3.40. The van der Waals surface area contributed by atoms with Crippen LogP contribution in [-0.4, -0.2) is 10.4 Å². The van der Waals surface area contributed by atoms with Gasteiger partial charge in [-0.3, -0.25) is 14.2 Å². The summed E-state index contributed by atoms with van der Waals surface area (Å²) in [5.41, 5.74) is 0.264. The molecule has 0 radical (unpaired) electrons. The van der Waals surface area contributed by atoms with Crippen LogP contribution in [0.3, 0.4) is 0 Å². The van der Waals surface area contributed by atoms with Gasteiger partial charge in [-0.05, 0) is 30.5 Å². The smallest absolute Gasteiger partial charge is 0.265 e. The van der Waals surface area contributed by atoms with E-state index in [2.05, 4.69) is 0 Å². The number of rotatable bonds is 2. The molecule has 0 fully saturated rings. The van der Waals surface area contributed by atoms with Gasteiger partial charge in [-0.25, -0.2) is 0 Å². The third-order valence-electron chi connectivity index (χ3n) is 3.40. The molecule has 1 heterocycles. The average Bonchev–Trinajstić information content (AvgIpc) is 2.48. The van der Waals surface area contributed by atoms with E-state index in [-0.39, 0.29) is 5.56 Å². The van der Waals surface area contributed by atoms with Gasteiger partial charge in [-0.15, -0.1) is 0 Å². The number of para-hydroxylation sites is 2. The number of carbonyl (C=O) groups is 1. The molecule has 3 rings (SSSR count). The van der Waals surface area contributed by atoms with Crippen molar-refractivity contribution < 1.29 is 9.90 Å². The summed E-state index contributed by atoms with van der Waals surface area (Å²) in [6, 6.07) is 15.8. The van der Waals surface area contributed by atoms with Crippen molar-refractivity contribution in [3.05, 3.63) is 70.5 Å². The van der Waals surface area contributed by atoms with Crippen molar-refractivity contribution in [2.75, 3.05) is 0 Å².